The number of rotatable bonds is 9. The predicted octanol–water partition coefficient (Wildman–Crippen LogP) is 2.88. The van der Waals surface area contributed by atoms with E-state index in [1.807, 2.05) is 45.9 Å². The van der Waals surface area contributed by atoms with Crippen LogP contribution in [-0.4, -0.2) is 42.7 Å². The van der Waals surface area contributed by atoms with Crippen LogP contribution in [0.1, 0.15) is 38.3 Å². The summed E-state index contributed by atoms with van der Waals surface area (Å²) in [6, 6.07) is 5.01. The minimum atomic E-state index is -0.430. The predicted molar refractivity (Wildman–Crippen MR) is 95.5 cm³/mol. The van der Waals surface area contributed by atoms with Gasteiger partial charge in [0, 0.05) is 12.2 Å². The Balaban J connectivity index is 2.08. The lowest BCUT2D eigenvalue weighted by atomic mass is 10.0. The van der Waals surface area contributed by atoms with Gasteiger partial charge < -0.3 is 14.8 Å². The zero-order valence-corrected chi connectivity index (χ0v) is 15.5. The summed E-state index contributed by atoms with van der Waals surface area (Å²) >= 11 is 0. The Morgan fingerprint density at radius 2 is 2.00 bits per heavy atom. The van der Waals surface area contributed by atoms with Gasteiger partial charge in [-0.05, 0) is 37.8 Å². The minimum Gasteiger partial charge on any atom is -0.491 e. The number of carbonyl (C=O) groups excluding carboxylic acids is 2. The molecule has 0 radical (unpaired) electrons. The molecule has 0 unspecified atom stereocenters. The van der Waals surface area contributed by atoms with Gasteiger partial charge in [0.05, 0.1) is 13.2 Å². The molecule has 1 N–H and O–H groups in total. The van der Waals surface area contributed by atoms with Crippen LogP contribution in [0.5, 0.6) is 5.75 Å². The van der Waals surface area contributed by atoms with Crippen LogP contribution in [0.4, 0.5) is 4.79 Å². The van der Waals surface area contributed by atoms with Crippen molar-refractivity contribution in [1.82, 2.24) is 10.2 Å². The molecule has 1 heterocycles. The summed E-state index contributed by atoms with van der Waals surface area (Å²) in [6.07, 6.45) is 0.646. The molecule has 3 amide bonds. The third-order valence-corrected chi connectivity index (χ3v) is 4.05. The van der Waals surface area contributed by atoms with Gasteiger partial charge in [0.2, 0.25) is 0 Å². The highest BCUT2D eigenvalue weighted by atomic mass is 16.5. The van der Waals surface area contributed by atoms with Crippen LogP contribution in [-0.2, 0) is 16.1 Å². The third kappa shape index (κ3) is 5.19. The molecule has 1 saturated heterocycles. The second-order valence-corrected chi connectivity index (χ2v) is 6.71. The smallest absolute Gasteiger partial charge is 0.325 e. The zero-order valence-electron chi connectivity index (χ0n) is 15.5. The van der Waals surface area contributed by atoms with Gasteiger partial charge in [-0.3, -0.25) is 9.69 Å². The van der Waals surface area contributed by atoms with E-state index in [9.17, 15) is 9.59 Å². The fraction of sp³-hybridized carbons (Fsp3) is 0.579. The van der Waals surface area contributed by atoms with E-state index < -0.39 is 6.04 Å². The summed E-state index contributed by atoms with van der Waals surface area (Å²) in [4.78, 5) is 26.0. The minimum absolute atomic E-state index is 0.167. The molecule has 25 heavy (non-hydrogen) atoms. The molecule has 1 aliphatic heterocycles. The number of imide groups is 1. The molecule has 6 nitrogen and oxygen atoms in total. The highest BCUT2D eigenvalue weighted by Crippen LogP contribution is 2.24. The molecule has 0 bridgehead atoms. The number of carbonyl (C=O) groups is 2. The van der Waals surface area contributed by atoms with Gasteiger partial charge in [0.15, 0.2) is 0 Å². The van der Waals surface area contributed by atoms with E-state index in [1.54, 1.807) is 0 Å². The van der Waals surface area contributed by atoms with Crippen molar-refractivity contribution in [3.05, 3.63) is 29.3 Å². The number of hydrogen-bond donors (Lipinski definition) is 1. The van der Waals surface area contributed by atoms with E-state index >= 15 is 0 Å². The highest BCUT2D eigenvalue weighted by molar-refractivity contribution is 6.04. The van der Waals surface area contributed by atoms with E-state index in [4.69, 9.17) is 9.47 Å². The molecular weight excluding hydrogens is 320 g/mol. The van der Waals surface area contributed by atoms with E-state index in [-0.39, 0.29) is 18.5 Å². The third-order valence-electron chi connectivity index (χ3n) is 4.05. The van der Waals surface area contributed by atoms with Crippen LogP contribution in [0, 0.1) is 12.8 Å². The zero-order chi connectivity index (χ0) is 18.4. The number of nitrogens with one attached hydrogen (secondary N) is 1. The first kappa shape index (κ1) is 19.2. The van der Waals surface area contributed by atoms with Gasteiger partial charge in [-0.15, -0.1) is 0 Å². The number of aryl methyl sites for hydroxylation is 1. The molecule has 1 fully saturated rings. The number of nitrogens with zero attached hydrogens (tertiary/aromatic N) is 1. The van der Waals surface area contributed by atoms with Crippen molar-refractivity contribution in [1.29, 1.82) is 0 Å². The summed E-state index contributed by atoms with van der Waals surface area (Å²) in [5.74, 6) is 0.859. The van der Waals surface area contributed by atoms with Crippen LogP contribution >= 0.6 is 0 Å². The average Bonchev–Trinajstić information content (AvgIpc) is 2.80. The highest BCUT2D eigenvalue weighted by Gasteiger charge is 2.38. The van der Waals surface area contributed by atoms with Crippen molar-refractivity contribution in [3.8, 4) is 5.75 Å². The van der Waals surface area contributed by atoms with Crippen molar-refractivity contribution in [2.45, 2.75) is 46.7 Å². The maximum absolute atomic E-state index is 12.5. The van der Waals surface area contributed by atoms with E-state index in [0.717, 1.165) is 11.1 Å². The molecule has 1 aliphatic rings. The first-order valence-electron chi connectivity index (χ1n) is 8.84. The molecule has 0 aliphatic carbocycles. The molecule has 138 valence electrons. The Morgan fingerprint density at radius 1 is 1.24 bits per heavy atom. The maximum atomic E-state index is 12.5. The molecular formula is C19H28N2O4. The molecule has 0 aromatic heterocycles. The Labute approximate surface area is 149 Å². The van der Waals surface area contributed by atoms with Gasteiger partial charge in [-0.2, -0.15) is 0 Å². The molecule has 1 atom stereocenters. The molecule has 1 aromatic rings. The lowest BCUT2D eigenvalue weighted by molar-refractivity contribution is -0.128. The SMILES string of the molecule is CCOCCOc1cc(C)ccc1CN1C(=O)N[C@H](CC(C)C)C1=O. The first-order chi connectivity index (χ1) is 11.9. The van der Waals surface area contributed by atoms with Gasteiger partial charge in [-0.1, -0.05) is 26.0 Å². The van der Waals surface area contributed by atoms with Gasteiger partial charge >= 0.3 is 6.03 Å². The Kier molecular flexibility index (Phi) is 6.82. The lowest BCUT2D eigenvalue weighted by Crippen LogP contribution is -2.31. The fourth-order valence-corrected chi connectivity index (χ4v) is 2.81. The molecule has 6 heteroatoms. The molecule has 1 aromatic carbocycles. The largest absolute Gasteiger partial charge is 0.491 e. The Morgan fingerprint density at radius 3 is 2.68 bits per heavy atom. The molecule has 2 rings (SSSR count). The summed E-state index contributed by atoms with van der Waals surface area (Å²) in [7, 11) is 0. The first-order valence-corrected chi connectivity index (χ1v) is 8.84. The Bertz CT molecular complexity index is 615. The summed E-state index contributed by atoms with van der Waals surface area (Å²) in [5, 5.41) is 2.77. The van der Waals surface area contributed by atoms with Gasteiger partial charge in [0.25, 0.3) is 5.91 Å². The Hall–Kier alpha value is -2.08. The average molecular weight is 348 g/mol. The molecule has 0 spiro atoms. The van der Waals surface area contributed by atoms with Crippen molar-refractivity contribution in [2.24, 2.45) is 5.92 Å². The van der Waals surface area contributed by atoms with Crippen LogP contribution in [0.3, 0.4) is 0 Å². The number of amides is 3. The van der Waals surface area contributed by atoms with Gasteiger partial charge in [0.1, 0.15) is 18.4 Å². The van der Waals surface area contributed by atoms with Crippen LogP contribution in [0.25, 0.3) is 0 Å². The second kappa shape index (κ2) is 8.85. The van der Waals surface area contributed by atoms with Crippen molar-refractivity contribution < 1.29 is 19.1 Å². The van der Waals surface area contributed by atoms with Crippen molar-refractivity contribution in [2.75, 3.05) is 19.8 Å². The summed E-state index contributed by atoms with van der Waals surface area (Å²) < 4.78 is 11.1. The van der Waals surface area contributed by atoms with E-state index in [1.165, 1.54) is 4.90 Å². The molecule has 0 saturated carbocycles. The number of hydrogen-bond acceptors (Lipinski definition) is 4. The van der Waals surface area contributed by atoms with E-state index in [0.29, 0.717) is 37.9 Å². The summed E-state index contributed by atoms with van der Waals surface area (Å²) in [5.41, 5.74) is 1.88. The second-order valence-electron chi connectivity index (χ2n) is 6.71. The number of ether oxygens (including phenoxy) is 2. The van der Waals surface area contributed by atoms with E-state index in [2.05, 4.69) is 5.32 Å². The van der Waals surface area contributed by atoms with Crippen LogP contribution in [0.15, 0.2) is 18.2 Å². The number of urea groups is 1. The fourth-order valence-electron chi connectivity index (χ4n) is 2.81. The quantitative estimate of drug-likeness (QED) is 0.550. The van der Waals surface area contributed by atoms with Crippen LogP contribution < -0.4 is 10.1 Å². The van der Waals surface area contributed by atoms with Crippen LogP contribution in [0.2, 0.25) is 0 Å². The monoisotopic (exact) mass is 348 g/mol. The van der Waals surface area contributed by atoms with Crippen molar-refractivity contribution in [3.63, 3.8) is 0 Å². The van der Waals surface area contributed by atoms with Gasteiger partial charge in [-0.25, -0.2) is 4.79 Å². The lowest BCUT2D eigenvalue weighted by Gasteiger charge is -2.17. The topological polar surface area (TPSA) is 67.9 Å². The summed E-state index contributed by atoms with van der Waals surface area (Å²) in [6.45, 7) is 9.77. The van der Waals surface area contributed by atoms with Crippen molar-refractivity contribution >= 4 is 11.9 Å². The normalized spacial score (nSPS) is 17.3. The number of benzene rings is 1. The maximum Gasteiger partial charge on any atom is 0.325 e. The standard InChI is InChI=1S/C19H28N2O4/c1-5-24-8-9-25-17-11-14(4)6-7-15(17)12-21-18(22)16(10-13(2)3)20-19(21)23/h6-7,11,13,16H,5,8-10,12H2,1-4H3,(H,20,23)/t16-/m1/s1.